The van der Waals surface area contributed by atoms with Crippen LogP contribution < -0.4 is 0 Å². The molecule has 106 valence electrons. The van der Waals surface area contributed by atoms with Crippen molar-refractivity contribution in [2.24, 2.45) is 0 Å². The Balaban J connectivity index is 2.81. The number of hydrogen-bond acceptors (Lipinski definition) is 1. The van der Waals surface area contributed by atoms with Gasteiger partial charge < -0.3 is 4.90 Å². The summed E-state index contributed by atoms with van der Waals surface area (Å²) in [4.78, 5) is 14.5. The van der Waals surface area contributed by atoms with Gasteiger partial charge >= 0.3 is 0 Å². The molecule has 1 amide bonds. The molecule has 1 rings (SSSR count). The van der Waals surface area contributed by atoms with Gasteiger partial charge in [0.25, 0.3) is 5.91 Å². The molecule has 0 fully saturated rings. The van der Waals surface area contributed by atoms with E-state index in [9.17, 15) is 4.79 Å². The van der Waals surface area contributed by atoms with Crippen LogP contribution in [-0.2, 0) is 0 Å². The molecule has 0 saturated heterocycles. The molecule has 3 heteroatoms. The van der Waals surface area contributed by atoms with Gasteiger partial charge in [-0.2, -0.15) is 0 Å². The molecular formula is C16H24BrNO. The highest BCUT2D eigenvalue weighted by atomic mass is 79.9. The second-order valence-corrected chi connectivity index (χ2v) is 5.82. The standard InChI is InChI=1S/C16H24BrNO/c1-4-6-10-18(11-7-5-2)16(19)14-9-8-13(3)15(17)12-14/h8-9,12H,4-7,10-11H2,1-3H3. The lowest BCUT2D eigenvalue weighted by atomic mass is 10.1. The summed E-state index contributed by atoms with van der Waals surface area (Å²) in [7, 11) is 0. The fourth-order valence-corrected chi connectivity index (χ4v) is 2.30. The molecular weight excluding hydrogens is 302 g/mol. The maximum atomic E-state index is 12.5. The molecule has 0 aliphatic rings. The van der Waals surface area contributed by atoms with Crippen LogP contribution in [0, 0.1) is 6.92 Å². The van der Waals surface area contributed by atoms with Gasteiger partial charge in [0.1, 0.15) is 0 Å². The average molecular weight is 326 g/mol. The van der Waals surface area contributed by atoms with Crippen LogP contribution in [-0.4, -0.2) is 23.9 Å². The minimum Gasteiger partial charge on any atom is -0.339 e. The molecule has 0 radical (unpaired) electrons. The first kappa shape index (κ1) is 16.2. The van der Waals surface area contributed by atoms with Gasteiger partial charge in [0.05, 0.1) is 0 Å². The number of halogens is 1. The monoisotopic (exact) mass is 325 g/mol. The van der Waals surface area contributed by atoms with E-state index in [1.807, 2.05) is 30.0 Å². The van der Waals surface area contributed by atoms with E-state index in [1.165, 1.54) is 0 Å². The molecule has 2 nitrogen and oxygen atoms in total. The normalized spacial score (nSPS) is 10.5. The number of nitrogens with zero attached hydrogens (tertiary/aromatic N) is 1. The van der Waals surface area contributed by atoms with Crippen LogP contribution in [0.25, 0.3) is 0 Å². The summed E-state index contributed by atoms with van der Waals surface area (Å²) < 4.78 is 1.00. The van der Waals surface area contributed by atoms with Gasteiger partial charge in [0.15, 0.2) is 0 Å². The summed E-state index contributed by atoms with van der Waals surface area (Å²) >= 11 is 3.50. The Labute approximate surface area is 125 Å². The zero-order chi connectivity index (χ0) is 14.3. The SMILES string of the molecule is CCCCN(CCCC)C(=O)c1ccc(C)c(Br)c1. The molecule has 0 unspecified atom stereocenters. The van der Waals surface area contributed by atoms with Crippen LogP contribution in [0.2, 0.25) is 0 Å². The Morgan fingerprint density at radius 1 is 1.16 bits per heavy atom. The zero-order valence-corrected chi connectivity index (χ0v) is 13.8. The van der Waals surface area contributed by atoms with E-state index < -0.39 is 0 Å². The van der Waals surface area contributed by atoms with E-state index in [-0.39, 0.29) is 5.91 Å². The van der Waals surface area contributed by atoms with Gasteiger partial charge in [-0.1, -0.05) is 48.7 Å². The highest BCUT2D eigenvalue weighted by molar-refractivity contribution is 9.10. The zero-order valence-electron chi connectivity index (χ0n) is 12.2. The molecule has 0 aromatic heterocycles. The first-order chi connectivity index (χ1) is 9.10. The molecule has 0 aliphatic heterocycles. The maximum Gasteiger partial charge on any atom is 0.253 e. The average Bonchev–Trinajstić information content (AvgIpc) is 2.41. The van der Waals surface area contributed by atoms with Crippen LogP contribution in [0.15, 0.2) is 22.7 Å². The third-order valence-electron chi connectivity index (χ3n) is 3.27. The van der Waals surface area contributed by atoms with Gasteiger partial charge in [-0.25, -0.2) is 0 Å². The minimum atomic E-state index is 0.155. The van der Waals surface area contributed by atoms with Gasteiger partial charge in [-0.05, 0) is 37.5 Å². The fourth-order valence-electron chi connectivity index (χ4n) is 1.92. The number of aryl methyl sites for hydroxylation is 1. The van der Waals surface area contributed by atoms with Crippen molar-refractivity contribution < 1.29 is 4.79 Å². The Bertz CT molecular complexity index is 409. The van der Waals surface area contributed by atoms with Crippen molar-refractivity contribution in [3.05, 3.63) is 33.8 Å². The van der Waals surface area contributed by atoms with Gasteiger partial charge in [0, 0.05) is 23.1 Å². The Morgan fingerprint density at radius 3 is 2.21 bits per heavy atom. The van der Waals surface area contributed by atoms with Crippen molar-refractivity contribution in [2.75, 3.05) is 13.1 Å². The lowest BCUT2D eigenvalue weighted by Crippen LogP contribution is -2.33. The van der Waals surface area contributed by atoms with E-state index in [1.54, 1.807) is 0 Å². The summed E-state index contributed by atoms with van der Waals surface area (Å²) in [6.07, 6.45) is 4.38. The van der Waals surface area contributed by atoms with Crippen LogP contribution >= 0.6 is 15.9 Å². The number of rotatable bonds is 7. The van der Waals surface area contributed by atoms with Crippen LogP contribution in [0.4, 0.5) is 0 Å². The predicted octanol–water partition coefficient (Wildman–Crippen LogP) is 4.80. The second-order valence-electron chi connectivity index (χ2n) is 4.96. The van der Waals surface area contributed by atoms with Crippen molar-refractivity contribution in [3.63, 3.8) is 0 Å². The second kappa shape index (κ2) is 8.36. The first-order valence-corrected chi connectivity index (χ1v) is 7.94. The third kappa shape index (κ3) is 4.98. The minimum absolute atomic E-state index is 0.155. The molecule has 0 spiro atoms. The summed E-state index contributed by atoms with van der Waals surface area (Å²) in [5.41, 5.74) is 1.94. The molecule has 0 bridgehead atoms. The van der Waals surface area contributed by atoms with E-state index in [0.29, 0.717) is 0 Å². The molecule has 0 aliphatic carbocycles. The third-order valence-corrected chi connectivity index (χ3v) is 4.12. The summed E-state index contributed by atoms with van der Waals surface area (Å²) in [6.45, 7) is 8.07. The van der Waals surface area contributed by atoms with E-state index >= 15 is 0 Å². The smallest absolute Gasteiger partial charge is 0.253 e. The fraction of sp³-hybridized carbons (Fsp3) is 0.562. The number of benzene rings is 1. The van der Waals surface area contributed by atoms with E-state index in [4.69, 9.17) is 0 Å². The molecule has 0 atom stereocenters. The van der Waals surface area contributed by atoms with Gasteiger partial charge in [-0.15, -0.1) is 0 Å². The molecule has 1 aromatic rings. The summed E-state index contributed by atoms with van der Waals surface area (Å²) in [5, 5.41) is 0. The molecule has 1 aromatic carbocycles. The number of carbonyl (C=O) groups excluding carboxylic acids is 1. The number of amides is 1. The number of unbranched alkanes of at least 4 members (excludes halogenated alkanes) is 2. The molecule has 19 heavy (non-hydrogen) atoms. The largest absolute Gasteiger partial charge is 0.339 e. The van der Waals surface area contributed by atoms with Gasteiger partial charge in [0.2, 0.25) is 0 Å². The molecule has 0 saturated carbocycles. The van der Waals surface area contributed by atoms with E-state index in [0.717, 1.165) is 54.4 Å². The molecule has 0 N–H and O–H groups in total. The lowest BCUT2D eigenvalue weighted by Gasteiger charge is -2.22. The Hall–Kier alpha value is -0.830. The van der Waals surface area contributed by atoms with Crippen molar-refractivity contribution in [1.82, 2.24) is 4.90 Å². The number of carbonyl (C=O) groups is 1. The number of hydrogen-bond donors (Lipinski definition) is 0. The maximum absolute atomic E-state index is 12.5. The van der Waals surface area contributed by atoms with Crippen LogP contribution in [0.3, 0.4) is 0 Å². The van der Waals surface area contributed by atoms with Crippen molar-refractivity contribution in [3.8, 4) is 0 Å². The van der Waals surface area contributed by atoms with Crippen molar-refractivity contribution >= 4 is 21.8 Å². The predicted molar refractivity (Wildman–Crippen MR) is 84.6 cm³/mol. The summed E-state index contributed by atoms with van der Waals surface area (Å²) in [5.74, 6) is 0.155. The highest BCUT2D eigenvalue weighted by Crippen LogP contribution is 2.19. The van der Waals surface area contributed by atoms with Gasteiger partial charge in [-0.3, -0.25) is 4.79 Å². The van der Waals surface area contributed by atoms with Crippen LogP contribution in [0.1, 0.15) is 55.5 Å². The van der Waals surface area contributed by atoms with Crippen molar-refractivity contribution in [2.45, 2.75) is 46.5 Å². The topological polar surface area (TPSA) is 20.3 Å². The Morgan fingerprint density at radius 2 is 1.74 bits per heavy atom. The molecule has 0 heterocycles. The van der Waals surface area contributed by atoms with Crippen LogP contribution in [0.5, 0.6) is 0 Å². The summed E-state index contributed by atoms with van der Waals surface area (Å²) in [6, 6.07) is 5.85. The quantitative estimate of drug-likeness (QED) is 0.705. The highest BCUT2D eigenvalue weighted by Gasteiger charge is 2.15. The van der Waals surface area contributed by atoms with E-state index in [2.05, 4.69) is 29.8 Å². The first-order valence-electron chi connectivity index (χ1n) is 7.15. The lowest BCUT2D eigenvalue weighted by molar-refractivity contribution is 0.0751. The van der Waals surface area contributed by atoms with Crippen molar-refractivity contribution in [1.29, 1.82) is 0 Å². The Kier molecular flexibility index (Phi) is 7.14.